The molecule has 0 aliphatic heterocycles. The highest BCUT2D eigenvalue weighted by atomic mass is 16.6. The lowest BCUT2D eigenvalue weighted by Gasteiger charge is -2.19. The third-order valence-corrected chi connectivity index (χ3v) is 5.68. The summed E-state index contributed by atoms with van der Waals surface area (Å²) in [6.07, 6.45) is 0.728. The first-order valence-electron chi connectivity index (χ1n) is 10.7. The van der Waals surface area contributed by atoms with Gasteiger partial charge < -0.3 is 16.2 Å². The van der Waals surface area contributed by atoms with Crippen LogP contribution in [0.1, 0.15) is 23.5 Å². The predicted octanol–water partition coefficient (Wildman–Crippen LogP) is 6.18. The molecule has 166 valence electrons. The molecule has 0 saturated carbocycles. The van der Waals surface area contributed by atoms with Crippen LogP contribution in [0.15, 0.2) is 97.1 Å². The van der Waals surface area contributed by atoms with Gasteiger partial charge in [0, 0.05) is 35.8 Å². The number of rotatable bonds is 8. The summed E-state index contributed by atoms with van der Waals surface area (Å²) in [5.41, 5.74) is 9.92. The van der Waals surface area contributed by atoms with E-state index in [9.17, 15) is 15.2 Å². The molecule has 0 radical (unpaired) electrons. The van der Waals surface area contributed by atoms with Crippen LogP contribution >= 0.6 is 0 Å². The molecular weight excluding hydrogens is 414 g/mol. The highest BCUT2D eigenvalue weighted by Crippen LogP contribution is 2.38. The van der Waals surface area contributed by atoms with Crippen molar-refractivity contribution in [3.63, 3.8) is 0 Å². The highest BCUT2D eigenvalue weighted by molar-refractivity contribution is 5.79. The van der Waals surface area contributed by atoms with Gasteiger partial charge in [0.05, 0.1) is 4.92 Å². The number of nitrogens with zero attached hydrogens (tertiary/aromatic N) is 1. The molecule has 0 spiro atoms. The summed E-state index contributed by atoms with van der Waals surface area (Å²) in [5.74, 6) is 0.108. The van der Waals surface area contributed by atoms with Crippen molar-refractivity contribution in [1.29, 1.82) is 0 Å². The zero-order valence-electron chi connectivity index (χ0n) is 18.0. The van der Waals surface area contributed by atoms with Crippen LogP contribution in [0.2, 0.25) is 0 Å². The molecule has 0 atom stereocenters. The Labute approximate surface area is 192 Å². The molecule has 4 rings (SSSR count). The van der Waals surface area contributed by atoms with Crippen molar-refractivity contribution in [2.45, 2.75) is 12.3 Å². The standard InChI is InChI=1S/C27H25N3O3/c28-22-13-11-21(12-14-22)24-17-26(30(32)33)25(18-27(24)31)29-16-15-23(19-7-3-1-4-8-19)20-9-5-2-6-10-20/h1-14,17-18,23,29,31H,15-16,28H2. The molecule has 0 aromatic heterocycles. The average Bonchev–Trinajstić information content (AvgIpc) is 2.83. The first-order valence-corrected chi connectivity index (χ1v) is 10.7. The van der Waals surface area contributed by atoms with E-state index in [2.05, 4.69) is 29.6 Å². The second-order valence-corrected chi connectivity index (χ2v) is 7.86. The van der Waals surface area contributed by atoms with Gasteiger partial charge in [-0.05, 0) is 35.2 Å². The number of hydrogen-bond acceptors (Lipinski definition) is 5. The van der Waals surface area contributed by atoms with E-state index in [1.807, 2.05) is 36.4 Å². The number of nitro benzene ring substituents is 1. The summed E-state index contributed by atoms with van der Waals surface area (Å²) >= 11 is 0. The lowest BCUT2D eigenvalue weighted by atomic mass is 9.88. The van der Waals surface area contributed by atoms with Crippen LogP contribution in [-0.4, -0.2) is 16.6 Å². The van der Waals surface area contributed by atoms with Crippen LogP contribution in [0.3, 0.4) is 0 Å². The third-order valence-electron chi connectivity index (χ3n) is 5.68. The number of nitrogen functional groups attached to an aromatic ring is 1. The molecule has 0 amide bonds. The summed E-state index contributed by atoms with van der Waals surface area (Å²) in [7, 11) is 0. The van der Waals surface area contributed by atoms with Crippen LogP contribution in [-0.2, 0) is 0 Å². The summed E-state index contributed by atoms with van der Waals surface area (Å²) in [4.78, 5) is 11.3. The number of nitrogens with one attached hydrogen (secondary N) is 1. The van der Waals surface area contributed by atoms with Gasteiger partial charge in [-0.3, -0.25) is 10.1 Å². The molecule has 0 unspecified atom stereocenters. The van der Waals surface area contributed by atoms with E-state index in [1.54, 1.807) is 24.3 Å². The molecule has 33 heavy (non-hydrogen) atoms. The fourth-order valence-electron chi connectivity index (χ4n) is 4.01. The van der Waals surface area contributed by atoms with Crippen LogP contribution in [0.25, 0.3) is 11.1 Å². The lowest BCUT2D eigenvalue weighted by molar-refractivity contribution is -0.383. The molecule has 0 aliphatic carbocycles. The topological polar surface area (TPSA) is 101 Å². The zero-order valence-corrected chi connectivity index (χ0v) is 18.0. The largest absolute Gasteiger partial charge is 0.507 e. The minimum Gasteiger partial charge on any atom is -0.507 e. The Morgan fingerprint density at radius 1 is 0.879 bits per heavy atom. The molecule has 6 heteroatoms. The lowest BCUT2D eigenvalue weighted by Crippen LogP contribution is -2.10. The number of nitro groups is 1. The van der Waals surface area contributed by atoms with Crippen LogP contribution in [0, 0.1) is 10.1 Å². The SMILES string of the molecule is Nc1ccc(-c2cc([N+](=O)[O-])c(NCCC(c3ccccc3)c3ccccc3)cc2O)cc1. The van der Waals surface area contributed by atoms with Gasteiger partial charge in [-0.15, -0.1) is 0 Å². The molecule has 4 aromatic rings. The normalized spacial score (nSPS) is 10.8. The second-order valence-electron chi connectivity index (χ2n) is 7.86. The molecule has 0 bridgehead atoms. The van der Waals surface area contributed by atoms with E-state index >= 15 is 0 Å². The van der Waals surface area contributed by atoms with Crippen molar-refractivity contribution in [2.75, 3.05) is 17.6 Å². The van der Waals surface area contributed by atoms with Gasteiger partial charge in [-0.1, -0.05) is 72.8 Å². The Kier molecular flexibility index (Phi) is 6.55. The molecule has 0 saturated heterocycles. The Hall–Kier alpha value is -4.32. The van der Waals surface area contributed by atoms with Gasteiger partial charge >= 0.3 is 0 Å². The predicted molar refractivity (Wildman–Crippen MR) is 132 cm³/mol. The van der Waals surface area contributed by atoms with Gasteiger partial charge in [0.2, 0.25) is 0 Å². The molecule has 4 N–H and O–H groups in total. The van der Waals surface area contributed by atoms with Crippen molar-refractivity contribution in [3.05, 3.63) is 118 Å². The van der Waals surface area contributed by atoms with E-state index in [1.165, 1.54) is 23.3 Å². The minimum absolute atomic E-state index is 0.0319. The van der Waals surface area contributed by atoms with E-state index < -0.39 is 4.92 Å². The van der Waals surface area contributed by atoms with Crippen LogP contribution in [0.5, 0.6) is 5.75 Å². The van der Waals surface area contributed by atoms with Gasteiger partial charge in [-0.25, -0.2) is 0 Å². The highest BCUT2D eigenvalue weighted by Gasteiger charge is 2.20. The summed E-state index contributed by atoms with van der Waals surface area (Å²) in [6.45, 7) is 0.496. The monoisotopic (exact) mass is 439 g/mol. The number of aromatic hydroxyl groups is 1. The van der Waals surface area contributed by atoms with E-state index in [-0.39, 0.29) is 23.0 Å². The number of hydrogen-bond donors (Lipinski definition) is 3. The zero-order chi connectivity index (χ0) is 23.2. The Balaban J connectivity index is 1.57. The molecule has 0 heterocycles. The Bertz CT molecular complexity index is 1190. The smallest absolute Gasteiger partial charge is 0.293 e. The number of phenolic OH excluding ortho intramolecular Hbond substituents is 1. The van der Waals surface area contributed by atoms with Gasteiger partial charge in [0.15, 0.2) is 0 Å². The summed E-state index contributed by atoms with van der Waals surface area (Å²) in [6, 6.07) is 30.0. The molecule has 6 nitrogen and oxygen atoms in total. The molecule has 0 fully saturated rings. The van der Waals surface area contributed by atoms with Crippen molar-refractivity contribution < 1.29 is 10.0 Å². The molecule has 0 aliphatic rings. The van der Waals surface area contributed by atoms with E-state index in [4.69, 9.17) is 5.73 Å². The molecular formula is C27H25N3O3. The minimum atomic E-state index is -0.436. The number of benzene rings is 4. The fraction of sp³-hybridized carbons (Fsp3) is 0.111. The number of anilines is 2. The quantitative estimate of drug-likeness (QED) is 0.173. The number of nitrogens with two attached hydrogens (primary N) is 1. The maximum atomic E-state index is 11.8. The second kappa shape index (κ2) is 9.87. The van der Waals surface area contributed by atoms with Crippen molar-refractivity contribution in [1.82, 2.24) is 0 Å². The summed E-state index contributed by atoms with van der Waals surface area (Å²) in [5, 5.41) is 25.5. The van der Waals surface area contributed by atoms with Gasteiger partial charge in [0.1, 0.15) is 11.4 Å². The maximum absolute atomic E-state index is 11.8. The summed E-state index contributed by atoms with van der Waals surface area (Å²) < 4.78 is 0. The Morgan fingerprint density at radius 3 is 2.00 bits per heavy atom. The van der Waals surface area contributed by atoms with E-state index in [0.717, 1.165) is 6.42 Å². The third kappa shape index (κ3) is 5.13. The van der Waals surface area contributed by atoms with Crippen LogP contribution < -0.4 is 11.1 Å². The fourth-order valence-corrected chi connectivity index (χ4v) is 4.01. The average molecular weight is 440 g/mol. The Morgan fingerprint density at radius 2 is 1.45 bits per heavy atom. The first-order chi connectivity index (χ1) is 16.0. The maximum Gasteiger partial charge on any atom is 0.293 e. The van der Waals surface area contributed by atoms with Gasteiger partial charge in [-0.2, -0.15) is 0 Å². The van der Waals surface area contributed by atoms with Crippen LogP contribution in [0.4, 0.5) is 17.1 Å². The van der Waals surface area contributed by atoms with Crippen molar-refractivity contribution >= 4 is 17.1 Å². The molecule has 4 aromatic carbocycles. The number of phenols is 1. The van der Waals surface area contributed by atoms with Gasteiger partial charge in [0.25, 0.3) is 5.69 Å². The van der Waals surface area contributed by atoms with Crippen molar-refractivity contribution in [3.8, 4) is 16.9 Å². The first kappa shape index (κ1) is 21.9. The van der Waals surface area contributed by atoms with E-state index in [0.29, 0.717) is 23.4 Å². The van der Waals surface area contributed by atoms with Crippen molar-refractivity contribution in [2.24, 2.45) is 0 Å².